The number of rotatable bonds is 5. The molecule has 0 radical (unpaired) electrons. The minimum atomic E-state index is 0.708. The van der Waals surface area contributed by atoms with Gasteiger partial charge in [0.05, 0.1) is 18.2 Å². The van der Waals surface area contributed by atoms with Crippen LogP contribution in [0.5, 0.6) is 5.75 Å². The Hall–Kier alpha value is -1.53. The van der Waals surface area contributed by atoms with Crippen molar-refractivity contribution >= 4 is 0 Å². The molecule has 0 bridgehead atoms. The van der Waals surface area contributed by atoms with Crippen LogP contribution in [0.25, 0.3) is 0 Å². The lowest BCUT2D eigenvalue weighted by Gasteiger charge is -2.16. The molecule has 1 aliphatic heterocycles. The van der Waals surface area contributed by atoms with E-state index in [9.17, 15) is 0 Å². The van der Waals surface area contributed by atoms with Crippen LogP contribution in [-0.2, 0) is 0 Å². The average Bonchev–Trinajstić information content (AvgIpc) is 2.89. The standard InChI is InChI=1S/C16H22N2O/c1-13-10-15(12-17)11-14(2)16(13)19-9-5-8-18-6-3-4-7-18/h10-11H,3-9H2,1-2H3. The zero-order valence-corrected chi connectivity index (χ0v) is 11.9. The first kappa shape index (κ1) is 13.9. The Balaban J connectivity index is 1.84. The molecule has 0 aromatic heterocycles. The van der Waals surface area contributed by atoms with E-state index in [1.807, 2.05) is 26.0 Å². The molecule has 0 amide bonds. The third kappa shape index (κ3) is 3.71. The summed E-state index contributed by atoms with van der Waals surface area (Å²) in [6.07, 6.45) is 3.75. The molecule has 3 heteroatoms. The number of hydrogen-bond acceptors (Lipinski definition) is 3. The molecule has 0 aliphatic carbocycles. The minimum absolute atomic E-state index is 0.708. The normalized spacial score (nSPS) is 15.4. The summed E-state index contributed by atoms with van der Waals surface area (Å²) in [5, 5.41) is 8.92. The third-order valence-corrected chi connectivity index (χ3v) is 3.65. The van der Waals surface area contributed by atoms with E-state index in [0.29, 0.717) is 5.56 Å². The van der Waals surface area contributed by atoms with E-state index < -0.39 is 0 Å². The Bertz CT molecular complexity index is 447. The summed E-state index contributed by atoms with van der Waals surface area (Å²) in [5.74, 6) is 0.945. The van der Waals surface area contributed by atoms with Gasteiger partial charge in [-0.25, -0.2) is 0 Å². The highest BCUT2D eigenvalue weighted by Gasteiger charge is 2.11. The van der Waals surface area contributed by atoms with Crippen molar-refractivity contribution in [1.29, 1.82) is 5.26 Å². The van der Waals surface area contributed by atoms with Crippen LogP contribution in [0, 0.1) is 25.2 Å². The molecule has 1 saturated heterocycles. The van der Waals surface area contributed by atoms with E-state index in [-0.39, 0.29) is 0 Å². The number of ether oxygens (including phenoxy) is 1. The molecule has 1 aromatic carbocycles. The molecular formula is C16H22N2O. The molecule has 1 aromatic rings. The molecule has 0 unspecified atom stereocenters. The number of hydrogen-bond donors (Lipinski definition) is 0. The summed E-state index contributed by atoms with van der Waals surface area (Å²) < 4.78 is 5.89. The number of aryl methyl sites for hydroxylation is 2. The van der Waals surface area contributed by atoms with E-state index in [1.54, 1.807) is 0 Å². The van der Waals surface area contributed by atoms with Gasteiger partial charge >= 0.3 is 0 Å². The summed E-state index contributed by atoms with van der Waals surface area (Å²) in [7, 11) is 0. The molecule has 102 valence electrons. The molecule has 1 fully saturated rings. The minimum Gasteiger partial charge on any atom is -0.493 e. The number of nitriles is 1. The average molecular weight is 258 g/mol. The molecule has 1 heterocycles. The van der Waals surface area contributed by atoms with Gasteiger partial charge in [0, 0.05) is 6.54 Å². The van der Waals surface area contributed by atoms with Crippen molar-refractivity contribution in [2.24, 2.45) is 0 Å². The quantitative estimate of drug-likeness (QED) is 0.762. The first-order valence-corrected chi connectivity index (χ1v) is 7.07. The van der Waals surface area contributed by atoms with Crippen LogP contribution in [0.4, 0.5) is 0 Å². The Morgan fingerprint density at radius 1 is 1.21 bits per heavy atom. The lowest BCUT2D eigenvalue weighted by atomic mass is 10.1. The number of likely N-dealkylation sites (tertiary alicyclic amines) is 1. The monoisotopic (exact) mass is 258 g/mol. The maximum Gasteiger partial charge on any atom is 0.125 e. The Morgan fingerprint density at radius 3 is 2.42 bits per heavy atom. The second kappa shape index (κ2) is 6.58. The summed E-state index contributed by atoms with van der Waals surface area (Å²) in [6.45, 7) is 8.38. The second-order valence-electron chi connectivity index (χ2n) is 5.30. The van der Waals surface area contributed by atoms with E-state index in [1.165, 1.54) is 25.9 Å². The van der Waals surface area contributed by atoms with Gasteiger partial charge in [-0.05, 0) is 69.5 Å². The van der Waals surface area contributed by atoms with E-state index in [0.717, 1.165) is 36.4 Å². The van der Waals surface area contributed by atoms with Crippen molar-refractivity contribution in [1.82, 2.24) is 4.90 Å². The summed E-state index contributed by atoms with van der Waals surface area (Å²) >= 11 is 0. The fraction of sp³-hybridized carbons (Fsp3) is 0.562. The van der Waals surface area contributed by atoms with Gasteiger partial charge in [-0.15, -0.1) is 0 Å². The molecular weight excluding hydrogens is 236 g/mol. The lowest BCUT2D eigenvalue weighted by molar-refractivity contribution is 0.261. The Kier molecular flexibility index (Phi) is 4.81. The van der Waals surface area contributed by atoms with Crippen molar-refractivity contribution in [2.75, 3.05) is 26.2 Å². The predicted octanol–water partition coefficient (Wildman–Crippen LogP) is 3.04. The Labute approximate surface area is 115 Å². The summed E-state index contributed by atoms with van der Waals surface area (Å²) in [6, 6.07) is 5.96. The van der Waals surface area contributed by atoms with Gasteiger partial charge in [0.15, 0.2) is 0 Å². The zero-order chi connectivity index (χ0) is 13.7. The van der Waals surface area contributed by atoms with Gasteiger partial charge in [-0.2, -0.15) is 5.26 Å². The molecule has 0 atom stereocenters. The van der Waals surface area contributed by atoms with Crippen LogP contribution in [0.15, 0.2) is 12.1 Å². The summed E-state index contributed by atoms with van der Waals surface area (Å²) in [5.41, 5.74) is 2.81. The van der Waals surface area contributed by atoms with Crippen LogP contribution in [0.2, 0.25) is 0 Å². The van der Waals surface area contributed by atoms with Crippen LogP contribution in [0.1, 0.15) is 36.0 Å². The molecule has 0 saturated carbocycles. The van der Waals surface area contributed by atoms with Gasteiger partial charge < -0.3 is 9.64 Å². The fourth-order valence-electron chi connectivity index (χ4n) is 2.71. The molecule has 0 spiro atoms. The Morgan fingerprint density at radius 2 is 1.84 bits per heavy atom. The van der Waals surface area contributed by atoms with Crippen LogP contribution in [0.3, 0.4) is 0 Å². The maximum atomic E-state index is 8.92. The van der Waals surface area contributed by atoms with E-state index in [4.69, 9.17) is 10.00 Å². The number of nitrogens with zero attached hydrogens (tertiary/aromatic N) is 2. The van der Waals surface area contributed by atoms with Gasteiger partial charge in [0.25, 0.3) is 0 Å². The smallest absolute Gasteiger partial charge is 0.125 e. The highest BCUT2D eigenvalue weighted by molar-refractivity contribution is 5.47. The topological polar surface area (TPSA) is 36.3 Å². The van der Waals surface area contributed by atoms with Crippen LogP contribution < -0.4 is 4.74 Å². The van der Waals surface area contributed by atoms with Crippen molar-refractivity contribution in [3.05, 3.63) is 28.8 Å². The van der Waals surface area contributed by atoms with Crippen molar-refractivity contribution in [3.63, 3.8) is 0 Å². The highest BCUT2D eigenvalue weighted by Crippen LogP contribution is 2.24. The molecule has 19 heavy (non-hydrogen) atoms. The van der Waals surface area contributed by atoms with Crippen LogP contribution in [-0.4, -0.2) is 31.1 Å². The predicted molar refractivity (Wildman–Crippen MR) is 76.4 cm³/mol. The lowest BCUT2D eigenvalue weighted by Crippen LogP contribution is -2.22. The molecule has 2 rings (SSSR count). The fourth-order valence-corrected chi connectivity index (χ4v) is 2.71. The molecule has 1 aliphatic rings. The van der Waals surface area contributed by atoms with Crippen LogP contribution >= 0.6 is 0 Å². The van der Waals surface area contributed by atoms with Crippen molar-refractivity contribution in [2.45, 2.75) is 33.1 Å². The van der Waals surface area contributed by atoms with E-state index >= 15 is 0 Å². The molecule has 3 nitrogen and oxygen atoms in total. The third-order valence-electron chi connectivity index (χ3n) is 3.65. The van der Waals surface area contributed by atoms with Gasteiger partial charge in [-0.1, -0.05) is 0 Å². The van der Waals surface area contributed by atoms with E-state index in [2.05, 4.69) is 11.0 Å². The SMILES string of the molecule is Cc1cc(C#N)cc(C)c1OCCCN1CCCC1. The first-order chi connectivity index (χ1) is 9.20. The first-order valence-electron chi connectivity index (χ1n) is 7.07. The van der Waals surface area contributed by atoms with Gasteiger partial charge in [-0.3, -0.25) is 0 Å². The molecule has 0 N–H and O–H groups in total. The van der Waals surface area contributed by atoms with Crippen molar-refractivity contribution < 1.29 is 4.74 Å². The number of benzene rings is 1. The van der Waals surface area contributed by atoms with Gasteiger partial charge in [0.2, 0.25) is 0 Å². The highest BCUT2D eigenvalue weighted by atomic mass is 16.5. The largest absolute Gasteiger partial charge is 0.493 e. The second-order valence-corrected chi connectivity index (χ2v) is 5.30. The van der Waals surface area contributed by atoms with Gasteiger partial charge in [0.1, 0.15) is 5.75 Å². The summed E-state index contributed by atoms with van der Waals surface area (Å²) in [4.78, 5) is 2.50. The zero-order valence-electron chi connectivity index (χ0n) is 11.9. The maximum absolute atomic E-state index is 8.92. The van der Waals surface area contributed by atoms with Crippen molar-refractivity contribution in [3.8, 4) is 11.8 Å².